The Morgan fingerprint density at radius 1 is 1.00 bits per heavy atom. The zero-order chi connectivity index (χ0) is 16.0. The van der Waals surface area contributed by atoms with Crippen molar-refractivity contribution in [2.24, 2.45) is 0 Å². The normalized spacial score (nSPS) is 11.9. The van der Waals surface area contributed by atoms with E-state index in [0.717, 1.165) is 24.2 Å². The van der Waals surface area contributed by atoms with Crippen molar-refractivity contribution in [2.75, 3.05) is 6.61 Å². The molecule has 22 heavy (non-hydrogen) atoms. The van der Waals surface area contributed by atoms with Gasteiger partial charge in [-0.25, -0.2) is 0 Å². The van der Waals surface area contributed by atoms with Gasteiger partial charge in [-0.05, 0) is 30.7 Å². The summed E-state index contributed by atoms with van der Waals surface area (Å²) in [6.07, 6.45) is 16.0. The summed E-state index contributed by atoms with van der Waals surface area (Å²) >= 11 is 0. The van der Waals surface area contributed by atoms with Gasteiger partial charge in [0.25, 0.3) is 0 Å². The number of hydrogen-bond donors (Lipinski definition) is 1. The number of aliphatic hydroxyl groups excluding tert-OH is 1. The molecule has 0 saturated carbocycles. The first-order valence-electron chi connectivity index (χ1n) is 8.63. The Bertz CT molecular complexity index is 416. The molecule has 0 aromatic heterocycles. The Kier molecular flexibility index (Phi) is 10.2. The van der Waals surface area contributed by atoms with E-state index in [9.17, 15) is 5.11 Å². The Morgan fingerprint density at radius 3 is 2.18 bits per heavy atom. The molecular weight excluding hydrogens is 272 g/mol. The summed E-state index contributed by atoms with van der Waals surface area (Å²) in [7, 11) is 0. The Morgan fingerprint density at radius 2 is 1.59 bits per heavy atom. The highest BCUT2D eigenvalue weighted by atomic mass is 16.5. The lowest BCUT2D eigenvalue weighted by atomic mass is 10.1. The molecule has 0 aliphatic carbocycles. The monoisotopic (exact) mass is 302 g/mol. The van der Waals surface area contributed by atoms with Gasteiger partial charge in [0, 0.05) is 5.56 Å². The minimum atomic E-state index is -0.382. The van der Waals surface area contributed by atoms with Crippen LogP contribution in [0.5, 0.6) is 5.75 Å². The van der Waals surface area contributed by atoms with Crippen molar-refractivity contribution in [1.29, 1.82) is 0 Å². The van der Waals surface area contributed by atoms with Gasteiger partial charge in [0.2, 0.25) is 0 Å². The first kappa shape index (κ1) is 18.6. The summed E-state index contributed by atoms with van der Waals surface area (Å²) in [6.45, 7) is 2.60. The van der Waals surface area contributed by atoms with Gasteiger partial charge < -0.3 is 9.84 Å². The summed E-state index contributed by atoms with van der Waals surface area (Å²) in [5, 5.41) is 9.93. The lowest BCUT2D eigenvalue weighted by molar-refractivity contribution is 0.0975. The average molecular weight is 302 g/mol. The fraction of sp³-hybridized carbons (Fsp3) is 0.600. The predicted octanol–water partition coefficient (Wildman–Crippen LogP) is 4.94. The SMILES string of the molecule is C#Cc1ccc(OC[C@@H](O)CCCCCCCCCC)cc1. The molecule has 1 N–H and O–H groups in total. The van der Waals surface area contributed by atoms with Crippen LogP contribution in [-0.2, 0) is 0 Å². The van der Waals surface area contributed by atoms with Crippen LogP contribution in [0.25, 0.3) is 0 Å². The molecule has 0 bridgehead atoms. The van der Waals surface area contributed by atoms with Crippen LogP contribution in [0.3, 0.4) is 0 Å². The van der Waals surface area contributed by atoms with Gasteiger partial charge in [-0.3, -0.25) is 0 Å². The maximum atomic E-state index is 9.93. The maximum absolute atomic E-state index is 9.93. The maximum Gasteiger partial charge on any atom is 0.119 e. The van der Waals surface area contributed by atoms with E-state index in [-0.39, 0.29) is 6.10 Å². The highest BCUT2D eigenvalue weighted by Crippen LogP contribution is 2.14. The third-order valence-electron chi connectivity index (χ3n) is 3.85. The van der Waals surface area contributed by atoms with Crippen LogP contribution in [-0.4, -0.2) is 17.8 Å². The zero-order valence-electron chi connectivity index (χ0n) is 13.9. The summed E-state index contributed by atoms with van der Waals surface area (Å²) in [6, 6.07) is 7.39. The van der Waals surface area contributed by atoms with Gasteiger partial charge >= 0.3 is 0 Å². The number of ether oxygens (including phenoxy) is 1. The van der Waals surface area contributed by atoms with Crippen LogP contribution in [0.15, 0.2) is 24.3 Å². The van der Waals surface area contributed by atoms with Gasteiger partial charge in [-0.15, -0.1) is 6.42 Å². The van der Waals surface area contributed by atoms with E-state index in [4.69, 9.17) is 11.2 Å². The molecule has 0 unspecified atom stereocenters. The topological polar surface area (TPSA) is 29.5 Å². The summed E-state index contributed by atoms with van der Waals surface area (Å²) in [5.74, 6) is 3.33. The molecule has 1 atom stereocenters. The minimum absolute atomic E-state index is 0.353. The van der Waals surface area contributed by atoms with Crippen molar-refractivity contribution in [1.82, 2.24) is 0 Å². The number of rotatable bonds is 12. The molecule has 0 saturated heterocycles. The summed E-state index contributed by atoms with van der Waals surface area (Å²) in [5.41, 5.74) is 0.840. The number of hydrogen-bond acceptors (Lipinski definition) is 2. The lowest BCUT2D eigenvalue weighted by Crippen LogP contribution is -2.17. The fourth-order valence-corrected chi connectivity index (χ4v) is 2.44. The minimum Gasteiger partial charge on any atom is -0.491 e. The number of aliphatic hydroxyl groups is 1. The highest BCUT2D eigenvalue weighted by molar-refractivity contribution is 5.36. The second-order valence-electron chi connectivity index (χ2n) is 5.90. The average Bonchev–Trinajstić information content (AvgIpc) is 2.56. The van der Waals surface area contributed by atoms with E-state index in [2.05, 4.69) is 12.8 Å². The number of terminal acetylenes is 1. The molecule has 0 radical (unpaired) electrons. The smallest absolute Gasteiger partial charge is 0.119 e. The fourth-order valence-electron chi connectivity index (χ4n) is 2.44. The van der Waals surface area contributed by atoms with Gasteiger partial charge in [0.15, 0.2) is 0 Å². The van der Waals surface area contributed by atoms with E-state index in [1.165, 1.54) is 44.9 Å². The van der Waals surface area contributed by atoms with Crippen LogP contribution in [0.2, 0.25) is 0 Å². The molecule has 1 aromatic carbocycles. The summed E-state index contributed by atoms with van der Waals surface area (Å²) in [4.78, 5) is 0. The highest BCUT2D eigenvalue weighted by Gasteiger charge is 2.05. The van der Waals surface area contributed by atoms with Gasteiger partial charge in [0.05, 0.1) is 6.10 Å². The third-order valence-corrected chi connectivity index (χ3v) is 3.85. The molecule has 0 fully saturated rings. The largest absolute Gasteiger partial charge is 0.491 e. The molecular formula is C20H30O2. The van der Waals surface area contributed by atoms with Crippen molar-refractivity contribution in [3.8, 4) is 18.1 Å². The van der Waals surface area contributed by atoms with E-state index >= 15 is 0 Å². The van der Waals surface area contributed by atoms with Gasteiger partial charge in [-0.1, -0.05) is 64.2 Å². The second kappa shape index (κ2) is 12.1. The van der Waals surface area contributed by atoms with E-state index < -0.39 is 0 Å². The third kappa shape index (κ3) is 8.74. The summed E-state index contributed by atoms with van der Waals surface area (Å²) < 4.78 is 5.57. The zero-order valence-corrected chi connectivity index (χ0v) is 13.9. The van der Waals surface area contributed by atoms with E-state index in [0.29, 0.717) is 6.61 Å². The van der Waals surface area contributed by atoms with Crippen molar-refractivity contribution in [3.63, 3.8) is 0 Å². The molecule has 0 aliphatic rings. The standard InChI is InChI=1S/C20H30O2/c1-3-5-6-7-8-9-10-11-12-19(21)17-22-20-15-13-18(4-2)14-16-20/h2,13-16,19,21H,3,5-12,17H2,1H3/t19-/m0/s1. The van der Waals surface area contributed by atoms with Crippen LogP contribution >= 0.6 is 0 Å². The van der Waals surface area contributed by atoms with Crippen LogP contribution < -0.4 is 4.74 Å². The van der Waals surface area contributed by atoms with E-state index in [1.807, 2.05) is 24.3 Å². The first-order valence-corrected chi connectivity index (χ1v) is 8.63. The van der Waals surface area contributed by atoms with Gasteiger partial charge in [0.1, 0.15) is 12.4 Å². The molecule has 0 aliphatic heterocycles. The molecule has 0 heterocycles. The number of benzene rings is 1. The molecule has 1 rings (SSSR count). The molecule has 0 amide bonds. The van der Waals surface area contributed by atoms with Crippen LogP contribution in [0, 0.1) is 12.3 Å². The second-order valence-corrected chi connectivity index (χ2v) is 5.90. The molecule has 2 nitrogen and oxygen atoms in total. The lowest BCUT2D eigenvalue weighted by Gasteiger charge is -2.12. The predicted molar refractivity (Wildman–Crippen MR) is 93.1 cm³/mol. The van der Waals surface area contributed by atoms with Crippen molar-refractivity contribution >= 4 is 0 Å². The van der Waals surface area contributed by atoms with Crippen molar-refractivity contribution in [2.45, 2.75) is 70.8 Å². The van der Waals surface area contributed by atoms with Crippen molar-refractivity contribution < 1.29 is 9.84 Å². The Hall–Kier alpha value is -1.46. The molecule has 122 valence electrons. The molecule has 2 heteroatoms. The molecule has 0 spiro atoms. The first-order chi connectivity index (χ1) is 10.8. The van der Waals surface area contributed by atoms with Crippen LogP contribution in [0.4, 0.5) is 0 Å². The van der Waals surface area contributed by atoms with Gasteiger partial charge in [-0.2, -0.15) is 0 Å². The Balaban J connectivity index is 2.01. The van der Waals surface area contributed by atoms with E-state index in [1.54, 1.807) is 0 Å². The number of unbranched alkanes of at least 4 members (excludes halogenated alkanes) is 7. The van der Waals surface area contributed by atoms with Crippen molar-refractivity contribution in [3.05, 3.63) is 29.8 Å². The van der Waals surface area contributed by atoms with Crippen LogP contribution in [0.1, 0.15) is 70.3 Å². The quantitative estimate of drug-likeness (QED) is 0.438. The molecule has 1 aromatic rings. The Labute approximate surface area is 135 Å².